The zero-order valence-electron chi connectivity index (χ0n) is 39.9. The molecule has 0 unspecified atom stereocenters. The first-order chi connectivity index (χ1) is 36.7. The summed E-state index contributed by atoms with van der Waals surface area (Å²) in [6.45, 7) is 0. The molecule has 0 amide bonds. The molecule has 1 spiro atoms. The summed E-state index contributed by atoms with van der Waals surface area (Å²) >= 11 is 0. The van der Waals surface area contributed by atoms with E-state index in [2.05, 4.69) is 176 Å². The van der Waals surface area contributed by atoms with Crippen LogP contribution in [-0.2, 0) is 5.41 Å². The van der Waals surface area contributed by atoms with Crippen molar-refractivity contribution < 1.29 is 4.42 Å². The van der Waals surface area contributed by atoms with Crippen LogP contribution in [0.15, 0.2) is 253 Å². The summed E-state index contributed by atoms with van der Waals surface area (Å²) in [5.41, 5.74) is 19.2. The van der Waals surface area contributed by atoms with E-state index < -0.39 is 5.41 Å². The molecule has 0 saturated heterocycles. The molecule has 2 aromatic heterocycles. The van der Waals surface area contributed by atoms with Crippen LogP contribution in [0.2, 0.25) is 0 Å². The van der Waals surface area contributed by atoms with Gasteiger partial charge in [0.2, 0.25) is 0 Å². The third-order valence-electron chi connectivity index (χ3n) is 15.9. The highest BCUT2D eigenvalue weighted by Crippen LogP contribution is 2.63. The van der Waals surface area contributed by atoms with E-state index in [1.807, 2.05) is 72.8 Å². The Morgan fingerprint density at radius 1 is 0.243 bits per heavy atom. The molecule has 4 heteroatoms. The molecule has 74 heavy (non-hydrogen) atoms. The lowest BCUT2D eigenvalue weighted by molar-refractivity contribution is 0.669. The quantitative estimate of drug-likeness (QED) is 0.161. The number of aromatic nitrogens is 3. The molecule has 2 heterocycles. The molecule has 0 radical (unpaired) electrons. The van der Waals surface area contributed by atoms with Crippen LogP contribution in [0, 0.1) is 0 Å². The van der Waals surface area contributed by atoms with Crippen LogP contribution in [0.1, 0.15) is 22.3 Å². The van der Waals surface area contributed by atoms with Crippen LogP contribution in [0.5, 0.6) is 0 Å². The van der Waals surface area contributed by atoms with E-state index in [0.717, 1.165) is 49.8 Å². The van der Waals surface area contributed by atoms with E-state index in [1.54, 1.807) is 0 Å². The minimum atomic E-state index is -0.409. The second-order valence-electron chi connectivity index (χ2n) is 19.7. The molecule has 0 bridgehead atoms. The minimum absolute atomic E-state index is 0.409. The average molecular weight is 940 g/mol. The van der Waals surface area contributed by atoms with E-state index in [-0.39, 0.29) is 0 Å². The Morgan fingerprint density at radius 3 is 1.23 bits per heavy atom. The summed E-state index contributed by atoms with van der Waals surface area (Å²) in [5, 5.41) is 9.38. The van der Waals surface area contributed by atoms with Crippen LogP contribution in [0.3, 0.4) is 0 Å². The van der Waals surface area contributed by atoms with Gasteiger partial charge in [-0.25, -0.2) is 15.0 Å². The van der Waals surface area contributed by atoms with Gasteiger partial charge in [0.25, 0.3) is 0 Å². The fourth-order valence-electron chi connectivity index (χ4n) is 12.7. The maximum atomic E-state index is 6.61. The van der Waals surface area contributed by atoms with Crippen molar-refractivity contribution in [3.8, 4) is 78.7 Å². The molecular formula is C70H41N3O. The van der Waals surface area contributed by atoms with Crippen molar-refractivity contribution in [2.24, 2.45) is 0 Å². The number of hydrogen-bond donors (Lipinski definition) is 0. The first kappa shape index (κ1) is 40.9. The second-order valence-corrected chi connectivity index (χ2v) is 19.7. The molecule has 0 atom stereocenters. The van der Waals surface area contributed by atoms with Crippen molar-refractivity contribution in [1.29, 1.82) is 0 Å². The van der Waals surface area contributed by atoms with Crippen LogP contribution in [-0.4, -0.2) is 15.0 Å². The number of fused-ring (bicyclic) bond motifs is 19. The predicted molar refractivity (Wildman–Crippen MR) is 303 cm³/mol. The molecular weight excluding hydrogens is 899 g/mol. The van der Waals surface area contributed by atoms with Crippen molar-refractivity contribution in [3.05, 3.63) is 271 Å². The number of furan rings is 1. The molecule has 16 rings (SSSR count). The Balaban J connectivity index is 0.869. The normalized spacial score (nSPS) is 13.0. The molecule has 0 N–H and O–H groups in total. The van der Waals surface area contributed by atoms with Crippen molar-refractivity contribution in [1.82, 2.24) is 15.0 Å². The smallest absolute Gasteiger partial charge is 0.164 e. The highest BCUT2D eigenvalue weighted by Gasteiger charge is 2.51. The number of benzene rings is 12. The van der Waals surface area contributed by atoms with Gasteiger partial charge in [-0.15, -0.1) is 0 Å². The zero-order chi connectivity index (χ0) is 48.5. The summed E-state index contributed by atoms with van der Waals surface area (Å²) in [4.78, 5) is 15.2. The first-order valence-corrected chi connectivity index (χ1v) is 25.3. The van der Waals surface area contributed by atoms with Crippen LogP contribution >= 0.6 is 0 Å². The lowest BCUT2D eigenvalue weighted by atomic mass is 9.70. The minimum Gasteiger partial charge on any atom is -0.456 e. The third-order valence-corrected chi connectivity index (χ3v) is 15.9. The first-order valence-electron chi connectivity index (χ1n) is 25.3. The summed E-state index contributed by atoms with van der Waals surface area (Å²) < 4.78 is 6.61. The summed E-state index contributed by atoms with van der Waals surface area (Å²) in [6, 6.07) is 90.2. The molecule has 14 aromatic rings. The molecule has 0 saturated carbocycles. The van der Waals surface area contributed by atoms with Crippen LogP contribution in [0.25, 0.3) is 133 Å². The summed E-state index contributed by atoms with van der Waals surface area (Å²) in [6.07, 6.45) is 0. The molecule has 2 aliphatic rings. The van der Waals surface area contributed by atoms with Crippen molar-refractivity contribution in [3.63, 3.8) is 0 Å². The largest absolute Gasteiger partial charge is 0.456 e. The second kappa shape index (κ2) is 15.6. The Kier molecular flexibility index (Phi) is 8.63. The highest BCUT2D eigenvalue weighted by molar-refractivity contribution is 6.26. The number of rotatable bonds is 5. The van der Waals surface area contributed by atoms with E-state index in [9.17, 15) is 0 Å². The Bertz CT molecular complexity index is 4550. The van der Waals surface area contributed by atoms with Gasteiger partial charge in [-0.1, -0.05) is 212 Å². The van der Waals surface area contributed by atoms with Crippen molar-refractivity contribution >= 4 is 54.3 Å². The fraction of sp³-hybridized carbons (Fsp3) is 0.0143. The molecule has 4 nitrogen and oxygen atoms in total. The molecule has 0 aliphatic heterocycles. The topological polar surface area (TPSA) is 51.8 Å². The van der Waals surface area contributed by atoms with E-state index in [1.165, 1.54) is 88.0 Å². The standard InChI is InChI=1S/C70H41N3O/c1-3-16-42(17-4-1)67-71-68(43-18-5-2-6-19-43)73-69(72-67)56-25-15-29-65-66(56)59-40-46(33-37-64(59)74-65)44-30-34-50-48-20-7-8-21-49(48)51-35-31-45(39-58(51)57(50)38-44)47-32-36-55-54-24-11-14-28-62(54)70(63(55)41-47)60-26-12-9-22-52(60)53-23-10-13-27-61(53)70/h1-41H. The lowest BCUT2D eigenvalue weighted by Crippen LogP contribution is -2.25. The van der Waals surface area contributed by atoms with Crippen molar-refractivity contribution in [2.75, 3.05) is 0 Å². The van der Waals surface area contributed by atoms with Gasteiger partial charge in [0.05, 0.1) is 5.41 Å². The van der Waals surface area contributed by atoms with Gasteiger partial charge in [-0.05, 0) is 135 Å². The summed E-state index contributed by atoms with van der Waals surface area (Å²) in [7, 11) is 0. The van der Waals surface area contributed by atoms with Crippen LogP contribution in [0.4, 0.5) is 0 Å². The predicted octanol–water partition coefficient (Wildman–Crippen LogP) is 17.9. The maximum Gasteiger partial charge on any atom is 0.164 e. The number of hydrogen-bond acceptors (Lipinski definition) is 4. The van der Waals surface area contributed by atoms with Gasteiger partial charge in [-0.2, -0.15) is 0 Å². The molecule has 12 aromatic carbocycles. The summed E-state index contributed by atoms with van der Waals surface area (Å²) in [5.74, 6) is 1.84. The van der Waals surface area contributed by atoms with Crippen molar-refractivity contribution in [2.45, 2.75) is 5.41 Å². The lowest BCUT2D eigenvalue weighted by Gasteiger charge is -2.30. The van der Waals surface area contributed by atoms with E-state index in [0.29, 0.717) is 17.5 Å². The fourth-order valence-corrected chi connectivity index (χ4v) is 12.7. The number of nitrogens with zero attached hydrogens (tertiary/aromatic N) is 3. The van der Waals surface area contributed by atoms with E-state index >= 15 is 0 Å². The Labute approximate surface area is 426 Å². The Morgan fingerprint density at radius 2 is 0.662 bits per heavy atom. The third kappa shape index (κ3) is 5.82. The van der Waals surface area contributed by atoms with E-state index in [4.69, 9.17) is 19.4 Å². The van der Waals surface area contributed by atoms with Gasteiger partial charge < -0.3 is 4.42 Å². The molecule has 0 fully saturated rings. The van der Waals surface area contributed by atoms with Crippen LogP contribution < -0.4 is 0 Å². The Hall–Kier alpha value is -9.77. The highest BCUT2D eigenvalue weighted by atomic mass is 16.3. The van der Waals surface area contributed by atoms with Gasteiger partial charge in [0.1, 0.15) is 11.2 Å². The van der Waals surface area contributed by atoms with Gasteiger partial charge in [0, 0.05) is 27.5 Å². The zero-order valence-corrected chi connectivity index (χ0v) is 39.9. The maximum absolute atomic E-state index is 6.61. The molecule has 2 aliphatic carbocycles. The van der Waals surface area contributed by atoms with Gasteiger partial charge in [-0.3, -0.25) is 0 Å². The monoisotopic (exact) mass is 939 g/mol. The SMILES string of the molecule is c1ccc(-c2nc(-c3ccccc3)nc(-c3cccc4oc5ccc(-c6ccc7c8ccccc8c8ccc(-c9ccc%10c(c9)C9(c%11ccccc%11-c%11ccccc%119)c9ccccc9-%10)cc8c7c6)cc5c34)n2)cc1. The van der Waals surface area contributed by atoms with Gasteiger partial charge >= 0.3 is 0 Å². The average Bonchev–Trinajstić information content (AvgIpc) is 4.15. The van der Waals surface area contributed by atoms with Gasteiger partial charge in [0.15, 0.2) is 17.5 Å². The molecule has 342 valence electrons.